The van der Waals surface area contributed by atoms with Crippen LogP contribution >= 0.6 is 23.4 Å². The summed E-state index contributed by atoms with van der Waals surface area (Å²) in [6.07, 6.45) is 3.02. The van der Waals surface area contributed by atoms with E-state index in [9.17, 15) is 4.79 Å². The summed E-state index contributed by atoms with van der Waals surface area (Å²) < 4.78 is 0. The van der Waals surface area contributed by atoms with Crippen LogP contribution in [0.3, 0.4) is 0 Å². The summed E-state index contributed by atoms with van der Waals surface area (Å²) in [6, 6.07) is 13.7. The van der Waals surface area contributed by atoms with Gasteiger partial charge in [0.15, 0.2) is 0 Å². The molecule has 5 heteroatoms. The Labute approximate surface area is 126 Å². The van der Waals surface area contributed by atoms with Crippen molar-refractivity contribution in [2.24, 2.45) is 5.73 Å². The van der Waals surface area contributed by atoms with Crippen molar-refractivity contribution in [2.45, 2.75) is 9.79 Å². The predicted molar refractivity (Wildman–Crippen MR) is 82.5 cm³/mol. The molecule has 0 unspecified atom stereocenters. The van der Waals surface area contributed by atoms with Crippen LogP contribution in [0.25, 0.3) is 0 Å². The molecule has 1 aliphatic rings. The number of rotatable bonds is 2. The van der Waals surface area contributed by atoms with Gasteiger partial charge in [0, 0.05) is 27.1 Å². The maximum atomic E-state index is 11.0. The normalized spacial score (nSPS) is 13.2. The maximum absolute atomic E-state index is 11.0. The molecule has 1 amide bonds. The Morgan fingerprint density at radius 2 is 1.90 bits per heavy atom. The molecule has 0 spiro atoms. The summed E-state index contributed by atoms with van der Waals surface area (Å²) in [5.41, 5.74) is 7.14. The van der Waals surface area contributed by atoms with Crippen molar-refractivity contribution in [3.05, 3.63) is 59.8 Å². The van der Waals surface area contributed by atoms with Gasteiger partial charge in [0.1, 0.15) is 0 Å². The second kappa shape index (κ2) is 5.23. The minimum Gasteiger partial charge on any atom is -0.366 e. The average Bonchev–Trinajstić information content (AvgIpc) is 2.43. The Hall–Kier alpha value is -1.91. The Morgan fingerprint density at radius 1 is 1.15 bits per heavy atom. The van der Waals surface area contributed by atoms with Crippen molar-refractivity contribution >= 4 is 40.6 Å². The molecule has 2 N–H and O–H groups in total. The van der Waals surface area contributed by atoms with E-state index < -0.39 is 5.91 Å². The second-order valence-corrected chi connectivity index (χ2v) is 5.79. The van der Waals surface area contributed by atoms with Crippen LogP contribution < -0.4 is 10.6 Å². The van der Waals surface area contributed by atoms with E-state index in [1.54, 1.807) is 18.0 Å². The maximum Gasteiger partial charge on any atom is 0.242 e. The van der Waals surface area contributed by atoms with Crippen molar-refractivity contribution in [2.75, 3.05) is 4.90 Å². The highest BCUT2D eigenvalue weighted by Gasteiger charge is 2.21. The number of benzene rings is 2. The van der Waals surface area contributed by atoms with Crippen LogP contribution in [0.15, 0.2) is 64.5 Å². The number of para-hydroxylation sites is 1. The monoisotopic (exact) mass is 302 g/mol. The first-order valence-corrected chi connectivity index (χ1v) is 7.18. The van der Waals surface area contributed by atoms with E-state index >= 15 is 0 Å². The van der Waals surface area contributed by atoms with Gasteiger partial charge in [-0.25, -0.2) is 0 Å². The molecule has 1 heterocycles. The van der Waals surface area contributed by atoms with Gasteiger partial charge in [-0.2, -0.15) is 0 Å². The summed E-state index contributed by atoms with van der Waals surface area (Å²) in [7, 11) is 0. The second-order valence-electron chi connectivity index (χ2n) is 4.27. The summed E-state index contributed by atoms with van der Waals surface area (Å²) >= 11 is 7.76. The highest BCUT2D eigenvalue weighted by atomic mass is 35.5. The number of nitrogens with zero attached hydrogens (tertiary/aromatic N) is 1. The predicted octanol–water partition coefficient (Wildman–Crippen LogP) is 3.94. The lowest BCUT2D eigenvalue weighted by molar-refractivity contribution is -0.113. The molecule has 1 aliphatic heterocycles. The van der Waals surface area contributed by atoms with E-state index in [1.807, 2.05) is 47.4 Å². The molecular weight excluding hydrogens is 292 g/mol. The molecule has 0 aliphatic carbocycles. The van der Waals surface area contributed by atoms with Gasteiger partial charge in [0.2, 0.25) is 5.91 Å². The fourth-order valence-electron chi connectivity index (χ4n) is 2.06. The molecule has 0 saturated heterocycles. The van der Waals surface area contributed by atoms with Crippen molar-refractivity contribution in [3.63, 3.8) is 0 Å². The standard InChI is InChI=1S/C15H11ClN2OS/c16-10-5-6-14-12(9-10)18(8-7-15(17)19)11-3-1-2-4-13(11)20-14/h1-9H,(H2,17,19). The highest BCUT2D eigenvalue weighted by molar-refractivity contribution is 7.99. The van der Waals surface area contributed by atoms with Crippen molar-refractivity contribution in [3.8, 4) is 0 Å². The van der Waals surface area contributed by atoms with Crippen molar-refractivity contribution in [1.82, 2.24) is 0 Å². The van der Waals surface area contributed by atoms with Gasteiger partial charge in [-0.15, -0.1) is 0 Å². The van der Waals surface area contributed by atoms with Gasteiger partial charge in [0.05, 0.1) is 11.4 Å². The Kier molecular flexibility index (Phi) is 3.42. The van der Waals surface area contributed by atoms with E-state index in [0.29, 0.717) is 5.02 Å². The molecule has 0 saturated carbocycles. The number of anilines is 2. The van der Waals surface area contributed by atoms with Crippen LogP contribution in [0, 0.1) is 0 Å². The number of hydrogen-bond donors (Lipinski definition) is 1. The largest absolute Gasteiger partial charge is 0.366 e. The third kappa shape index (κ3) is 2.40. The third-order valence-corrected chi connectivity index (χ3v) is 4.28. The number of hydrogen-bond acceptors (Lipinski definition) is 3. The number of carbonyl (C=O) groups excluding carboxylic acids is 1. The van der Waals surface area contributed by atoms with Crippen LogP contribution in [0.2, 0.25) is 5.02 Å². The summed E-state index contributed by atoms with van der Waals surface area (Å²) in [5.74, 6) is -0.482. The van der Waals surface area contributed by atoms with Crippen LogP contribution in [-0.2, 0) is 4.79 Å². The SMILES string of the molecule is NC(=O)C=CN1c2ccccc2Sc2ccc(Cl)cc21. The van der Waals surface area contributed by atoms with E-state index in [0.717, 1.165) is 21.2 Å². The zero-order valence-electron chi connectivity index (χ0n) is 10.4. The van der Waals surface area contributed by atoms with Gasteiger partial charge in [-0.3, -0.25) is 4.79 Å². The fourth-order valence-corrected chi connectivity index (χ4v) is 3.28. The minimum absolute atomic E-state index is 0.482. The number of carbonyl (C=O) groups is 1. The molecule has 2 aromatic carbocycles. The van der Waals surface area contributed by atoms with Crippen LogP contribution in [0.5, 0.6) is 0 Å². The highest BCUT2D eigenvalue weighted by Crippen LogP contribution is 2.48. The number of nitrogens with two attached hydrogens (primary N) is 1. The van der Waals surface area contributed by atoms with Gasteiger partial charge >= 0.3 is 0 Å². The topological polar surface area (TPSA) is 46.3 Å². The van der Waals surface area contributed by atoms with E-state index in [1.165, 1.54) is 6.08 Å². The third-order valence-electron chi connectivity index (χ3n) is 2.91. The van der Waals surface area contributed by atoms with Crippen molar-refractivity contribution in [1.29, 1.82) is 0 Å². The van der Waals surface area contributed by atoms with Crippen molar-refractivity contribution < 1.29 is 4.79 Å². The smallest absolute Gasteiger partial charge is 0.242 e. The van der Waals surface area contributed by atoms with Crippen LogP contribution in [0.4, 0.5) is 11.4 Å². The first kappa shape index (κ1) is 13.1. The van der Waals surface area contributed by atoms with E-state index in [2.05, 4.69) is 0 Å². The van der Waals surface area contributed by atoms with E-state index in [4.69, 9.17) is 17.3 Å². The summed E-state index contributed by atoms with van der Waals surface area (Å²) in [4.78, 5) is 15.1. The first-order chi connectivity index (χ1) is 9.65. The first-order valence-electron chi connectivity index (χ1n) is 5.98. The van der Waals surface area contributed by atoms with Gasteiger partial charge in [-0.1, -0.05) is 35.5 Å². The molecule has 0 fully saturated rings. The lowest BCUT2D eigenvalue weighted by atomic mass is 10.2. The summed E-state index contributed by atoms with van der Waals surface area (Å²) in [6.45, 7) is 0. The number of fused-ring (bicyclic) bond motifs is 2. The molecule has 0 bridgehead atoms. The molecule has 3 rings (SSSR count). The molecule has 0 aromatic heterocycles. The Balaban J connectivity index is 2.16. The van der Waals surface area contributed by atoms with Crippen LogP contribution in [0.1, 0.15) is 0 Å². The minimum atomic E-state index is -0.482. The summed E-state index contributed by atoms with van der Waals surface area (Å²) in [5, 5.41) is 0.654. The van der Waals surface area contributed by atoms with Gasteiger partial charge < -0.3 is 10.6 Å². The molecule has 100 valence electrons. The lowest BCUT2D eigenvalue weighted by Gasteiger charge is -2.30. The Morgan fingerprint density at radius 3 is 2.70 bits per heavy atom. The number of halogens is 1. The zero-order chi connectivity index (χ0) is 14.1. The van der Waals surface area contributed by atoms with Gasteiger partial charge in [0.25, 0.3) is 0 Å². The van der Waals surface area contributed by atoms with E-state index in [-0.39, 0.29) is 0 Å². The van der Waals surface area contributed by atoms with Crippen LogP contribution in [-0.4, -0.2) is 5.91 Å². The molecule has 3 nitrogen and oxygen atoms in total. The molecule has 20 heavy (non-hydrogen) atoms. The molecule has 0 atom stereocenters. The fraction of sp³-hybridized carbons (Fsp3) is 0. The zero-order valence-corrected chi connectivity index (χ0v) is 12.0. The lowest BCUT2D eigenvalue weighted by Crippen LogP contribution is -2.15. The average molecular weight is 303 g/mol. The molecular formula is C15H11ClN2OS. The number of primary amides is 1. The number of amides is 1. The molecule has 0 radical (unpaired) electrons. The molecule has 2 aromatic rings. The Bertz CT molecular complexity index is 715. The quantitative estimate of drug-likeness (QED) is 0.855. The van der Waals surface area contributed by atoms with Gasteiger partial charge in [-0.05, 0) is 30.3 Å².